The molecule has 2 aliphatic heterocycles. The normalized spacial score (nSPS) is 27.7. The Bertz CT molecular complexity index is 802. The van der Waals surface area contributed by atoms with Crippen LogP contribution in [0.1, 0.15) is 32.8 Å². The number of nitrogens with zero attached hydrogens (tertiary/aromatic N) is 2. The summed E-state index contributed by atoms with van der Waals surface area (Å²) in [6.45, 7) is 4.72. The first kappa shape index (κ1) is 21.5. The largest absolute Gasteiger partial charge is 0.465 e. The quantitative estimate of drug-likeness (QED) is 0.649. The first-order valence-corrected chi connectivity index (χ1v) is 10.8. The highest BCUT2D eigenvalue weighted by Gasteiger charge is 2.51. The Hall–Kier alpha value is -1.19. The van der Waals surface area contributed by atoms with E-state index in [4.69, 9.17) is 9.73 Å². The van der Waals surface area contributed by atoms with E-state index in [1.54, 1.807) is 32.9 Å². The van der Waals surface area contributed by atoms with Crippen molar-refractivity contribution in [1.82, 2.24) is 4.90 Å². The van der Waals surface area contributed by atoms with Gasteiger partial charge in [-0.3, -0.25) is 4.90 Å². The van der Waals surface area contributed by atoms with Crippen LogP contribution >= 0.6 is 27.7 Å². The summed E-state index contributed by atoms with van der Waals surface area (Å²) in [5.41, 5.74) is -1.49. The van der Waals surface area contributed by atoms with Crippen LogP contribution in [0.3, 0.4) is 0 Å². The predicted octanol–water partition coefficient (Wildman–Crippen LogP) is 5.04. The molecule has 1 amide bonds. The van der Waals surface area contributed by atoms with Crippen LogP contribution in [0.5, 0.6) is 0 Å². The highest BCUT2D eigenvalue weighted by molar-refractivity contribution is 9.10. The second-order valence-electron chi connectivity index (χ2n) is 8.06. The fourth-order valence-electron chi connectivity index (χ4n) is 3.72. The minimum Gasteiger partial charge on any atom is -0.465 e. The summed E-state index contributed by atoms with van der Waals surface area (Å²) >= 11 is 4.69. The molecular weight excluding hydrogens is 454 g/mol. The maximum Gasteiger partial charge on any atom is 0.413 e. The van der Waals surface area contributed by atoms with Gasteiger partial charge in [-0.2, -0.15) is 0 Å². The zero-order valence-corrected chi connectivity index (χ0v) is 18.3. The molecule has 9 heteroatoms. The Kier molecular flexibility index (Phi) is 6.08. The van der Waals surface area contributed by atoms with Crippen LogP contribution in [0.15, 0.2) is 27.7 Å². The molecular formula is C19H23BrF2N2O3S. The molecule has 3 atom stereocenters. The summed E-state index contributed by atoms with van der Waals surface area (Å²) in [5, 5.41) is 10.1. The molecule has 1 aromatic rings. The Morgan fingerprint density at radius 3 is 2.82 bits per heavy atom. The van der Waals surface area contributed by atoms with Gasteiger partial charge in [-0.15, -0.1) is 0 Å². The lowest BCUT2D eigenvalue weighted by atomic mass is 9.75. The molecule has 0 aliphatic carbocycles. The first-order chi connectivity index (χ1) is 13.1. The lowest BCUT2D eigenvalue weighted by Crippen LogP contribution is -2.55. The Morgan fingerprint density at radius 2 is 2.21 bits per heavy atom. The number of halogens is 3. The second-order valence-corrected chi connectivity index (χ2v) is 9.97. The lowest BCUT2D eigenvalue weighted by Gasteiger charge is -2.48. The Balaban J connectivity index is 2.16. The average Bonchev–Trinajstić information content (AvgIpc) is 2.61. The van der Waals surface area contributed by atoms with Crippen molar-refractivity contribution < 1.29 is 23.4 Å². The topological polar surface area (TPSA) is 62.1 Å². The summed E-state index contributed by atoms with van der Waals surface area (Å²) in [7, 11) is 0. The van der Waals surface area contributed by atoms with Gasteiger partial charge < -0.3 is 9.84 Å². The number of amides is 1. The number of aliphatic imine (C=N–C) groups is 1. The van der Waals surface area contributed by atoms with E-state index in [-0.39, 0.29) is 12.5 Å². The fraction of sp³-hybridized carbons (Fsp3) is 0.579. The number of ether oxygens (including phenoxy) is 1. The van der Waals surface area contributed by atoms with Crippen molar-refractivity contribution in [1.29, 1.82) is 0 Å². The number of benzene rings is 1. The van der Waals surface area contributed by atoms with Crippen LogP contribution in [0.4, 0.5) is 13.6 Å². The van der Waals surface area contributed by atoms with Crippen molar-refractivity contribution in [2.45, 2.75) is 44.4 Å². The molecule has 2 heterocycles. The van der Waals surface area contributed by atoms with Crippen LogP contribution < -0.4 is 0 Å². The van der Waals surface area contributed by atoms with Gasteiger partial charge in [0.05, 0.1) is 12.7 Å². The predicted molar refractivity (Wildman–Crippen MR) is 109 cm³/mol. The number of hydrogen-bond donors (Lipinski definition) is 1. The summed E-state index contributed by atoms with van der Waals surface area (Å²) in [5.74, 6) is -0.108. The molecule has 1 aromatic carbocycles. The highest BCUT2D eigenvalue weighted by Crippen LogP contribution is 2.48. The first-order valence-electron chi connectivity index (χ1n) is 8.97. The van der Waals surface area contributed by atoms with Crippen molar-refractivity contribution in [3.63, 3.8) is 0 Å². The molecule has 1 saturated heterocycles. The number of hydrogen-bond acceptors (Lipinski definition) is 4. The fourth-order valence-corrected chi connectivity index (χ4v) is 5.55. The summed E-state index contributed by atoms with van der Waals surface area (Å²) in [4.78, 5) is 17.9. The molecule has 0 spiro atoms. The van der Waals surface area contributed by atoms with Crippen molar-refractivity contribution >= 4 is 39.0 Å². The maximum atomic E-state index is 14.9. The molecule has 0 saturated carbocycles. The van der Waals surface area contributed by atoms with Crippen molar-refractivity contribution in [2.24, 2.45) is 10.9 Å². The summed E-state index contributed by atoms with van der Waals surface area (Å²) < 4.78 is 34.5. The SMILES string of the molecule is CC(C)(C)N(C(=O)O)C1=N[C@@]2(c3cc(Br)ccc3F)CO[C@@H](CF)C[C@H]2CS1. The van der Waals surface area contributed by atoms with E-state index in [0.29, 0.717) is 27.4 Å². The maximum absolute atomic E-state index is 14.9. The van der Waals surface area contributed by atoms with E-state index in [2.05, 4.69) is 15.9 Å². The van der Waals surface area contributed by atoms with Gasteiger partial charge >= 0.3 is 6.09 Å². The van der Waals surface area contributed by atoms with Crippen LogP contribution in [-0.2, 0) is 10.3 Å². The number of fused-ring (bicyclic) bond motifs is 1. The zero-order chi connectivity index (χ0) is 20.7. The molecule has 0 unspecified atom stereocenters. The molecule has 0 bridgehead atoms. The number of thioether (sulfide) groups is 1. The Morgan fingerprint density at radius 1 is 1.50 bits per heavy atom. The van der Waals surface area contributed by atoms with Gasteiger partial charge in [-0.25, -0.2) is 18.6 Å². The minimum absolute atomic E-state index is 0.00128. The Labute approximate surface area is 175 Å². The second kappa shape index (κ2) is 7.91. The number of amidine groups is 1. The van der Waals surface area contributed by atoms with E-state index >= 15 is 0 Å². The zero-order valence-electron chi connectivity index (χ0n) is 15.9. The molecule has 5 nitrogen and oxygen atoms in total. The third-order valence-corrected chi connectivity index (χ3v) is 6.69. The monoisotopic (exact) mass is 476 g/mol. The van der Waals surface area contributed by atoms with Gasteiger partial charge in [-0.1, -0.05) is 27.7 Å². The number of alkyl halides is 1. The molecule has 0 radical (unpaired) electrons. The van der Waals surface area contributed by atoms with E-state index in [1.807, 2.05) is 0 Å². The van der Waals surface area contributed by atoms with Gasteiger partial charge in [0.2, 0.25) is 0 Å². The van der Waals surface area contributed by atoms with Gasteiger partial charge in [0, 0.05) is 27.2 Å². The van der Waals surface area contributed by atoms with Crippen LogP contribution in [0, 0.1) is 11.7 Å². The average molecular weight is 477 g/mol. The number of carboxylic acid groups (broad SMARTS) is 1. The molecule has 28 heavy (non-hydrogen) atoms. The number of carbonyl (C=O) groups is 1. The van der Waals surface area contributed by atoms with E-state index < -0.39 is 35.8 Å². The third kappa shape index (κ3) is 3.93. The van der Waals surface area contributed by atoms with E-state index in [9.17, 15) is 18.7 Å². The molecule has 154 valence electrons. The lowest BCUT2D eigenvalue weighted by molar-refractivity contribution is -0.0657. The minimum atomic E-state index is -1.12. The van der Waals surface area contributed by atoms with E-state index in [0.717, 1.165) is 0 Å². The van der Waals surface area contributed by atoms with Crippen molar-refractivity contribution in [2.75, 3.05) is 19.0 Å². The summed E-state index contributed by atoms with van der Waals surface area (Å²) in [6, 6.07) is 4.60. The molecule has 3 rings (SSSR count). The van der Waals surface area contributed by atoms with Gasteiger partial charge in [-0.05, 0) is 45.4 Å². The molecule has 2 aliphatic rings. The van der Waals surface area contributed by atoms with Crippen LogP contribution in [0.2, 0.25) is 0 Å². The van der Waals surface area contributed by atoms with Crippen LogP contribution in [0.25, 0.3) is 0 Å². The summed E-state index contributed by atoms with van der Waals surface area (Å²) in [6.07, 6.45) is -1.28. The van der Waals surface area contributed by atoms with Crippen molar-refractivity contribution in [3.8, 4) is 0 Å². The van der Waals surface area contributed by atoms with Crippen LogP contribution in [-0.4, -0.2) is 51.9 Å². The third-order valence-electron chi connectivity index (χ3n) is 5.09. The van der Waals surface area contributed by atoms with Gasteiger partial charge in [0.25, 0.3) is 0 Å². The molecule has 1 N–H and O–H groups in total. The highest BCUT2D eigenvalue weighted by atomic mass is 79.9. The standard InChI is InChI=1S/C19H23BrF2N2O3S/c1-18(2,3)24(17(25)26)16-23-19(14-7-12(20)4-5-15(14)22)10-27-13(8-21)6-11(19)9-28-16/h4-5,7,11,13H,6,8-10H2,1-3H3,(H,25,26)/t11-,13+,19-/m0/s1. The van der Waals surface area contributed by atoms with E-state index in [1.165, 1.54) is 22.7 Å². The number of rotatable bonds is 2. The smallest absolute Gasteiger partial charge is 0.413 e. The van der Waals surface area contributed by atoms with Gasteiger partial charge in [0.15, 0.2) is 5.17 Å². The molecule has 0 aromatic heterocycles. The van der Waals surface area contributed by atoms with Gasteiger partial charge in [0.1, 0.15) is 18.0 Å². The molecule has 1 fully saturated rings. The van der Waals surface area contributed by atoms with Crippen molar-refractivity contribution in [3.05, 3.63) is 34.1 Å².